The number of aromatic nitrogens is 1. The van der Waals surface area contributed by atoms with Crippen molar-refractivity contribution in [2.45, 2.75) is 36.6 Å². The molecule has 0 bridgehead atoms. The van der Waals surface area contributed by atoms with Gasteiger partial charge in [-0.1, -0.05) is 12.1 Å². The average Bonchev–Trinajstić information content (AvgIpc) is 3.16. The van der Waals surface area contributed by atoms with E-state index in [1.165, 1.54) is 33.9 Å². The van der Waals surface area contributed by atoms with Crippen LogP contribution in [-0.4, -0.2) is 24.9 Å². The highest BCUT2D eigenvalue weighted by Gasteiger charge is 2.30. The molecule has 1 aliphatic heterocycles. The van der Waals surface area contributed by atoms with Crippen molar-refractivity contribution in [1.82, 2.24) is 4.98 Å². The average molecular weight is 477 g/mol. The molecule has 0 saturated heterocycles. The normalized spacial score (nSPS) is 15.8. The maximum absolute atomic E-state index is 12.8. The molecule has 0 fully saturated rings. The standard InChI is InChI=1S/C24H23F3N2OS2/c1-15-22(32-23(29-15)17-3-5-19(6-4-17)24(25,26)27)14-31-20-7-8-21-18(12-20)11-16(13-30-21)9-10-28-2/h3-8,12,16H,2,9-11,13-14H2,1H3. The third-order valence-electron chi connectivity index (χ3n) is 5.43. The molecule has 2 heterocycles. The van der Waals surface area contributed by atoms with Gasteiger partial charge < -0.3 is 9.73 Å². The number of thioether (sulfide) groups is 1. The zero-order valence-electron chi connectivity index (χ0n) is 17.6. The first-order chi connectivity index (χ1) is 15.3. The Morgan fingerprint density at radius 2 is 2.00 bits per heavy atom. The van der Waals surface area contributed by atoms with E-state index in [1.807, 2.05) is 13.0 Å². The minimum atomic E-state index is -4.33. The molecular formula is C24H23F3N2OS2. The number of thiazole rings is 1. The molecule has 1 aliphatic rings. The molecule has 2 aromatic carbocycles. The van der Waals surface area contributed by atoms with Crippen LogP contribution >= 0.6 is 23.1 Å². The summed E-state index contributed by atoms with van der Waals surface area (Å²) in [5.74, 6) is 2.17. The maximum atomic E-state index is 12.8. The summed E-state index contributed by atoms with van der Waals surface area (Å²) in [6.07, 6.45) is -2.37. The zero-order chi connectivity index (χ0) is 22.7. The molecule has 168 valence electrons. The second kappa shape index (κ2) is 9.67. The zero-order valence-corrected chi connectivity index (χ0v) is 19.2. The number of hydrogen-bond donors (Lipinski definition) is 0. The molecule has 3 aromatic rings. The third-order valence-corrected chi connectivity index (χ3v) is 7.84. The van der Waals surface area contributed by atoms with Crippen molar-refractivity contribution in [3.63, 3.8) is 0 Å². The van der Waals surface area contributed by atoms with Gasteiger partial charge in [0, 0.05) is 27.6 Å². The first kappa shape index (κ1) is 22.9. The lowest BCUT2D eigenvalue weighted by Crippen LogP contribution is -2.21. The van der Waals surface area contributed by atoms with E-state index < -0.39 is 11.7 Å². The van der Waals surface area contributed by atoms with E-state index in [1.54, 1.807) is 11.8 Å². The van der Waals surface area contributed by atoms with Crippen molar-refractivity contribution in [3.05, 3.63) is 64.2 Å². The van der Waals surface area contributed by atoms with E-state index in [4.69, 9.17) is 4.74 Å². The maximum Gasteiger partial charge on any atom is 0.416 e. The number of benzene rings is 2. The lowest BCUT2D eigenvalue weighted by atomic mass is 9.94. The Morgan fingerprint density at radius 1 is 1.22 bits per heavy atom. The number of aliphatic imine (C=N–C) groups is 1. The van der Waals surface area contributed by atoms with Crippen molar-refractivity contribution in [2.24, 2.45) is 10.9 Å². The van der Waals surface area contributed by atoms with Crippen LogP contribution in [0.2, 0.25) is 0 Å². The van der Waals surface area contributed by atoms with Crippen LogP contribution in [0.25, 0.3) is 10.6 Å². The van der Waals surface area contributed by atoms with Crippen molar-refractivity contribution >= 4 is 29.8 Å². The van der Waals surface area contributed by atoms with Gasteiger partial charge in [0.25, 0.3) is 0 Å². The minimum absolute atomic E-state index is 0.461. The van der Waals surface area contributed by atoms with Crippen LogP contribution < -0.4 is 4.74 Å². The van der Waals surface area contributed by atoms with Crippen molar-refractivity contribution in [1.29, 1.82) is 0 Å². The number of alkyl halides is 3. The highest BCUT2D eigenvalue weighted by atomic mass is 32.2. The molecule has 0 spiro atoms. The van der Waals surface area contributed by atoms with Gasteiger partial charge in [-0.2, -0.15) is 13.2 Å². The fourth-order valence-electron chi connectivity index (χ4n) is 3.62. The summed E-state index contributed by atoms with van der Waals surface area (Å²) in [7, 11) is 0. The number of nitrogens with zero attached hydrogens (tertiary/aromatic N) is 2. The van der Waals surface area contributed by atoms with Crippen molar-refractivity contribution in [2.75, 3.05) is 13.2 Å². The predicted octanol–water partition coefficient (Wildman–Crippen LogP) is 7.07. The van der Waals surface area contributed by atoms with Gasteiger partial charge in [-0.05, 0) is 68.3 Å². The van der Waals surface area contributed by atoms with Crippen LogP contribution in [-0.2, 0) is 18.3 Å². The van der Waals surface area contributed by atoms with Crippen LogP contribution in [0.5, 0.6) is 5.75 Å². The summed E-state index contributed by atoms with van der Waals surface area (Å²) in [6.45, 7) is 6.98. The van der Waals surface area contributed by atoms with Gasteiger partial charge in [-0.25, -0.2) is 4.98 Å². The number of hydrogen-bond acceptors (Lipinski definition) is 5. The summed E-state index contributed by atoms with van der Waals surface area (Å²) >= 11 is 3.26. The molecular weight excluding hydrogens is 453 g/mol. The lowest BCUT2D eigenvalue weighted by Gasteiger charge is -2.25. The molecule has 0 radical (unpaired) electrons. The highest BCUT2D eigenvalue weighted by molar-refractivity contribution is 7.98. The summed E-state index contributed by atoms with van der Waals surface area (Å²) in [5.41, 5.74) is 2.19. The van der Waals surface area contributed by atoms with Crippen LogP contribution in [0.3, 0.4) is 0 Å². The third kappa shape index (κ3) is 5.35. The first-order valence-corrected chi connectivity index (χ1v) is 12.1. The van der Waals surface area contributed by atoms with E-state index >= 15 is 0 Å². The Bertz CT molecular complexity index is 1090. The van der Waals surface area contributed by atoms with Gasteiger partial charge in [-0.3, -0.25) is 0 Å². The molecule has 1 aromatic heterocycles. The number of rotatable bonds is 7. The number of halogens is 3. The SMILES string of the molecule is C=NCCC1COc2ccc(SCc3sc(-c4ccc(C(F)(F)F)cc4)nc3C)cc2C1. The van der Waals surface area contributed by atoms with Crippen molar-refractivity contribution < 1.29 is 17.9 Å². The van der Waals surface area contributed by atoms with E-state index in [0.29, 0.717) is 11.5 Å². The molecule has 1 unspecified atom stereocenters. The Kier molecular flexibility index (Phi) is 6.90. The Labute approximate surface area is 193 Å². The second-order valence-corrected chi connectivity index (χ2v) is 9.91. The summed E-state index contributed by atoms with van der Waals surface area (Å²) in [6, 6.07) is 11.5. The smallest absolute Gasteiger partial charge is 0.416 e. The molecule has 8 heteroatoms. The van der Waals surface area contributed by atoms with E-state index in [9.17, 15) is 13.2 Å². The lowest BCUT2D eigenvalue weighted by molar-refractivity contribution is -0.137. The minimum Gasteiger partial charge on any atom is -0.493 e. The van der Waals surface area contributed by atoms with Gasteiger partial charge in [-0.15, -0.1) is 23.1 Å². The van der Waals surface area contributed by atoms with E-state index in [-0.39, 0.29) is 0 Å². The summed E-state index contributed by atoms with van der Waals surface area (Å²) < 4.78 is 44.3. The summed E-state index contributed by atoms with van der Waals surface area (Å²) in [4.78, 5) is 10.8. The second-order valence-electron chi connectivity index (χ2n) is 7.78. The predicted molar refractivity (Wildman–Crippen MR) is 125 cm³/mol. The fourth-order valence-corrected chi connectivity index (χ4v) is 5.79. The van der Waals surface area contributed by atoms with Crippen molar-refractivity contribution in [3.8, 4) is 16.3 Å². The number of ether oxygens (including phenoxy) is 1. The molecule has 4 rings (SSSR count). The molecule has 0 amide bonds. The molecule has 0 saturated carbocycles. The van der Waals surface area contributed by atoms with E-state index in [0.717, 1.165) is 65.2 Å². The van der Waals surface area contributed by atoms with Crippen LogP contribution in [0.15, 0.2) is 52.4 Å². The molecule has 0 aliphatic carbocycles. The number of aryl methyl sites for hydroxylation is 1. The quantitative estimate of drug-likeness (QED) is 0.270. The summed E-state index contributed by atoms with van der Waals surface area (Å²) in [5, 5.41) is 0.740. The molecule has 1 atom stereocenters. The monoisotopic (exact) mass is 476 g/mol. The molecule has 32 heavy (non-hydrogen) atoms. The molecule has 3 nitrogen and oxygen atoms in total. The molecule has 0 N–H and O–H groups in total. The Hall–Kier alpha value is -2.32. The van der Waals surface area contributed by atoms with Gasteiger partial charge in [0.2, 0.25) is 0 Å². The topological polar surface area (TPSA) is 34.5 Å². The van der Waals surface area contributed by atoms with Crippen LogP contribution in [0.4, 0.5) is 13.2 Å². The Morgan fingerprint density at radius 3 is 2.72 bits per heavy atom. The van der Waals surface area contributed by atoms with Gasteiger partial charge in [0.1, 0.15) is 10.8 Å². The number of fused-ring (bicyclic) bond motifs is 1. The Balaban J connectivity index is 1.43. The van der Waals surface area contributed by atoms with Gasteiger partial charge >= 0.3 is 6.18 Å². The fraction of sp³-hybridized carbons (Fsp3) is 0.333. The van der Waals surface area contributed by atoms with Crippen LogP contribution in [0, 0.1) is 12.8 Å². The highest BCUT2D eigenvalue weighted by Crippen LogP contribution is 2.37. The van der Waals surface area contributed by atoms with Crippen LogP contribution in [0.1, 0.15) is 28.1 Å². The first-order valence-electron chi connectivity index (χ1n) is 10.3. The van der Waals surface area contributed by atoms with E-state index in [2.05, 4.69) is 28.8 Å². The largest absolute Gasteiger partial charge is 0.493 e. The van der Waals surface area contributed by atoms with Gasteiger partial charge in [0.15, 0.2) is 0 Å². The van der Waals surface area contributed by atoms with Gasteiger partial charge in [0.05, 0.1) is 17.9 Å².